The topological polar surface area (TPSA) is 66.8 Å². The molecule has 0 fully saturated rings. The number of benzene rings is 1. The molecule has 0 saturated carbocycles. The summed E-state index contributed by atoms with van der Waals surface area (Å²) in [5, 5.41) is 19.5. The number of phenolic OH excluding ortho intramolecular Hbond substituents is 1. The zero-order valence-electron chi connectivity index (χ0n) is 12.4. The summed E-state index contributed by atoms with van der Waals surface area (Å²) >= 11 is 0. The van der Waals surface area contributed by atoms with Gasteiger partial charge >= 0.3 is 19.2 Å². The highest BCUT2D eigenvalue weighted by Crippen LogP contribution is 2.74. The summed E-state index contributed by atoms with van der Waals surface area (Å²) in [5.41, 5.74) is -6.50. The molecule has 0 aromatic heterocycles. The van der Waals surface area contributed by atoms with Crippen molar-refractivity contribution in [3.05, 3.63) is 29.8 Å². The van der Waals surface area contributed by atoms with Gasteiger partial charge in [0.05, 0.1) is 0 Å². The fourth-order valence-electron chi connectivity index (χ4n) is 1.73. The fraction of sp³-hybridized carbons (Fsp3) is 0.500. The molecule has 0 bridgehead atoms. The maximum absolute atomic E-state index is 13.8. The Morgan fingerprint density at radius 2 is 1.61 bits per heavy atom. The van der Waals surface area contributed by atoms with Gasteiger partial charge in [0.1, 0.15) is 5.75 Å². The number of para-hydroxylation sites is 1. The molecule has 1 unspecified atom stereocenters. The minimum Gasteiger partial charge on any atom is -0.508 e. The van der Waals surface area contributed by atoms with Gasteiger partial charge in [-0.3, -0.25) is 4.57 Å². The maximum Gasteiger partial charge on any atom is 0.463 e. The van der Waals surface area contributed by atoms with Crippen molar-refractivity contribution in [1.82, 2.24) is 0 Å². The summed E-state index contributed by atoms with van der Waals surface area (Å²) in [4.78, 5) is 0. The molecule has 2 atom stereocenters. The zero-order chi connectivity index (χ0) is 18.3. The van der Waals surface area contributed by atoms with Crippen LogP contribution < -0.4 is 0 Å². The number of aliphatic hydroxyl groups excluding tert-OH is 1. The van der Waals surface area contributed by atoms with E-state index in [1.165, 1.54) is 31.8 Å². The molecular formula is C12H16F5O4PSi. The summed E-state index contributed by atoms with van der Waals surface area (Å²) in [6.07, 6.45) is -6.19. The largest absolute Gasteiger partial charge is 0.508 e. The molecule has 1 rings (SSSR count). The summed E-state index contributed by atoms with van der Waals surface area (Å²) in [6.45, 7) is 3.76. The second kappa shape index (κ2) is 6.16. The minimum atomic E-state index is -6.19. The normalized spacial score (nSPS) is 17.6. The van der Waals surface area contributed by atoms with Gasteiger partial charge in [0, 0.05) is 5.56 Å². The average molecular weight is 378 g/mol. The number of rotatable bonds is 5. The maximum atomic E-state index is 13.8. The smallest absolute Gasteiger partial charge is 0.463 e. The van der Waals surface area contributed by atoms with Crippen molar-refractivity contribution in [3.8, 4) is 5.75 Å². The van der Waals surface area contributed by atoms with Gasteiger partial charge in [0.25, 0.3) is 0 Å². The molecule has 0 spiro atoms. The van der Waals surface area contributed by atoms with Gasteiger partial charge in [0.15, 0.2) is 14.2 Å². The Morgan fingerprint density at radius 3 is 2.00 bits per heavy atom. The lowest BCUT2D eigenvalue weighted by molar-refractivity contribution is -0.246. The van der Waals surface area contributed by atoms with E-state index >= 15 is 0 Å². The first-order valence-corrected chi connectivity index (χ1v) is 11.4. The predicted octanol–water partition coefficient (Wildman–Crippen LogP) is 4.67. The van der Waals surface area contributed by atoms with Crippen molar-refractivity contribution in [3.63, 3.8) is 0 Å². The lowest BCUT2D eigenvalue weighted by atomic mass is 10.2. The van der Waals surface area contributed by atoms with Crippen molar-refractivity contribution >= 4 is 15.7 Å². The number of aromatic hydroxyl groups is 1. The number of aliphatic hydroxyl groups is 1. The molecule has 1 aromatic rings. The molecule has 1 aromatic carbocycles. The first kappa shape index (κ1) is 20.1. The van der Waals surface area contributed by atoms with Crippen molar-refractivity contribution in [2.75, 3.05) is 0 Å². The third-order valence-corrected chi connectivity index (χ3v) is 7.91. The summed E-state index contributed by atoms with van der Waals surface area (Å²) in [7, 11) is -9.19. The first-order chi connectivity index (χ1) is 10.1. The lowest BCUT2D eigenvalue weighted by Gasteiger charge is -2.35. The molecule has 0 radical (unpaired) electrons. The number of phenols is 1. The Balaban J connectivity index is 3.54. The Morgan fingerprint density at radius 1 is 1.13 bits per heavy atom. The van der Waals surface area contributed by atoms with Gasteiger partial charge in [-0.1, -0.05) is 18.2 Å². The standard InChI is InChI=1S/C12H16F5O4PSi/c1-23(2,3)21-22(20,12(16,17)11(13,14)15)10(19)8-6-4-5-7-9(8)18/h4-7,10,18-19H,1-3H3/t10-,22?/m0/s1. The van der Waals surface area contributed by atoms with E-state index in [9.17, 15) is 36.7 Å². The Kier molecular flexibility index (Phi) is 5.38. The third-order valence-electron chi connectivity index (χ3n) is 2.68. The van der Waals surface area contributed by atoms with Gasteiger partial charge in [-0.15, -0.1) is 0 Å². The van der Waals surface area contributed by atoms with Crippen LogP contribution in [0.15, 0.2) is 24.3 Å². The average Bonchev–Trinajstić information content (AvgIpc) is 2.34. The van der Waals surface area contributed by atoms with Crippen LogP contribution in [0.1, 0.15) is 11.4 Å². The van der Waals surface area contributed by atoms with E-state index in [4.69, 9.17) is 0 Å². The second-order valence-corrected chi connectivity index (χ2v) is 13.0. The number of alkyl halides is 5. The van der Waals surface area contributed by atoms with Crippen LogP contribution in [-0.2, 0) is 8.78 Å². The van der Waals surface area contributed by atoms with Gasteiger partial charge in [-0.05, 0) is 25.7 Å². The Labute approximate surface area is 130 Å². The van der Waals surface area contributed by atoms with Crippen LogP contribution in [-0.4, -0.2) is 30.4 Å². The molecule has 0 amide bonds. The number of halogens is 5. The molecule has 11 heteroatoms. The molecule has 0 heterocycles. The van der Waals surface area contributed by atoms with Gasteiger partial charge in [-0.25, -0.2) is 0 Å². The van der Waals surface area contributed by atoms with E-state index in [1.54, 1.807) is 0 Å². The number of hydrogen-bond acceptors (Lipinski definition) is 4. The van der Waals surface area contributed by atoms with Crippen molar-refractivity contribution in [2.45, 2.75) is 37.3 Å². The summed E-state index contributed by atoms with van der Waals surface area (Å²) in [5.74, 6) is -3.59. The van der Waals surface area contributed by atoms with Crippen LogP contribution in [0.3, 0.4) is 0 Å². The highest BCUT2D eigenvalue weighted by atomic mass is 31.2. The molecule has 0 saturated heterocycles. The van der Waals surface area contributed by atoms with E-state index in [0.29, 0.717) is 0 Å². The van der Waals surface area contributed by atoms with E-state index in [2.05, 4.69) is 4.21 Å². The van der Waals surface area contributed by atoms with Crippen molar-refractivity contribution in [1.29, 1.82) is 0 Å². The first-order valence-electron chi connectivity index (χ1n) is 6.34. The quantitative estimate of drug-likeness (QED) is 0.444. The highest BCUT2D eigenvalue weighted by molar-refractivity contribution is 7.62. The summed E-state index contributed by atoms with van der Waals surface area (Å²) < 4.78 is 83.0. The summed E-state index contributed by atoms with van der Waals surface area (Å²) in [6, 6.07) is 4.30. The molecular weight excluding hydrogens is 362 g/mol. The van der Waals surface area contributed by atoms with Gasteiger partial charge < -0.3 is 14.4 Å². The molecule has 0 aliphatic heterocycles. The van der Waals surface area contributed by atoms with Crippen molar-refractivity contribution < 1.29 is 40.9 Å². The molecule has 0 aliphatic rings. The van der Waals surface area contributed by atoms with E-state index < -0.39 is 44.7 Å². The monoisotopic (exact) mass is 378 g/mol. The molecule has 2 N–H and O–H groups in total. The van der Waals surface area contributed by atoms with E-state index in [1.807, 2.05) is 0 Å². The molecule has 4 nitrogen and oxygen atoms in total. The van der Waals surface area contributed by atoms with Crippen LogP contribution in [0.2, 0.25) is 19.6 Å². The Bertz CT molecular complexity index is 614. The van der Waals surface area contributed by atoms with Gasteiger partial charge in [0.2, 0.25) is 0 Å². The minimum absolute atomic E-state index is 0.724. The fourth-order valence-corrected chi connectivity index (χ4v) is 7.09. The molecule has 132 valence electrons. The van der Waals surface area contributed by atoms with E-state index in [-0.39, 0.29) is 0 Å². The lowest BCUT2D eigenvalue weighted by Crippen LogP contribution is -2.41. The van der Waals surface area contributed by atoms with Crippen LogP contribution in [0.4, 0.5) is 22.0 Å². The Hall–Kier alpha value is -0.963. The van der Waals surface area contributed by atoms with Crippen LogP contribution >= 0.6 is 7.37 Å². The second-order valence-electron chi connectivity index (χ2n) is 5.77. The SMILES string of the molecule is C[Si](C)(C)OP(=O)([C@H](O)c1ccccc1O)C(F)(F)C(F)(F)F. The predicted molar refractivity (Wildman–Crippen MR) is 76.1 cm³/mol. The number of hydrogen-bond donors (Lipinski definition) is 2. The third kappa shape index (κ3) is 3.93. The van der Waals surface area contributed by atoms with Crippen LogP contribution in [0.25, 0.3) is 0 Å². The van der Waals surface area contributed by atoms with Crippen LogP contribution in [0.5, 0.6) is 5.75 Å². The highest BCUT2D eigenvalue weighted by Gasteiger charge is 2.73. The van der Waals surface area contributed by atoms with Gasteiger partial charge in [-0.2, -0.15) is 22.0 Å². The van der Waals surface area contributed by atoms with E-state index in [0.717, 1.165) is 12.1 Å². The van der Waals surface area contributed by atoms with Crippen molar-refractivity contribution in [2.24, 2.45) is 0 Å². The van der Waals surface area contributed by atoms with Crippen LogP contribution in [0, 0.1) is 0 Å². The molecule has 0 aliphatic carbocycles. The zero-order valence-corrected chi connectivity index (χ0v) is 14.3. The molecule has 23 heavy (non-hydrogen) atoms.